The molecule has 0 radical (unpaired) electrons. The van der Waals surface area contributed by atoms with Crippen molar-refractivity contribution in [3.63, 3.8) is 0 Å². The van der Waals surface area contributed by atoms with Gasteiger partial charge in [0.1, 0.15) is 0 Å². The van der Waals surface area contributed by atoms with E-state index in [0.29, 0.717) is 11.5 Å². The van der Waals surface area contributed by atoms with Crippen molar-refractivity contribution in [3.8, 4) is 0 Å². The first-order valence-electron chi connectivity index (χ1n) is 9.44. The smallest absolute Gasteiger partial charge is 0.270 e. The number of rotatable bonds is 6. The van der Waals surface area contributed by atoms with Crippen LogP contribution < -0.4 is 10.0 Å². The molecule has 0 saturated heterocycles. The van der Waals surface area contributed by atoms with Crippen molar-refractivity contribution in [1.82, 2.24) is 5.32 Å². The van der Waals surface area contributed by atoms with Crippen LogP contribution in [-0.2, 0) is 10.0 Å². The van der Waals surface area contributed by atoms with Crippen LogP contribution in [0.2, 0.25) is 0 Å². The molecule has 0 aliphatic heterocycles. The molecule has 2 N–H and O–H groups in total. The number of non-ortho nitro benzene ring substituents is 1. The summed E-state index contributed by atoms with van der Waals surface area (Å²) in [6.07, 6.45) is 4.36. The van der Waals surface area contributed by atoms with Crippen molar-refractivity contribution in [2.24, 2.45) is 5.92 Å². The molecule has 9 heteroatoms. The quantitative estimate of drug-likeness (QED) is 0.549. The fraction of sp³-hybridized carbons (Fsp3) is 0.350. The van der Waals surface area contributed by atoms with E-state index in [-0.39, 0.29) is 28.2 Å². The monoisotopic (exact) mass is 417 g/mol. The summed E-state index contributed by atoms with van der Waals surface area (Å²) in [7, 11) is -3.99. The summed E-state index contributed by atoms with van der Waals surface area (Å²) in [4.78, 5) is 22.5. The lowest BCUT2D eigenvalue weighted by atomic mass is 9.86. The molecule has 29 heavy (non-hydrogen) atoms. The van der Waals surface area contributed by atoms with E-state index in [2.05, 4.69) is 17.0 Å². The summed E-state index contributed by atoms with van der Waals surface area (Å²) in [5, 5.41) is 13.9. The van der Waals surface area contributed by atoms with Gasteiger partial charge in [-0.25, -0.2) is 8.42 Å². The zero-order valence-electron chi connectivity index (χ0n) is 16.0. The summed E-state index contributed by atoms with van der Waals surface area (Å²) in [5.41, 5.74) is 0.400. The van der Waals surface area contributed by atoms with E-state index in [0.717, 1.165) is 25.3 Å². The maximum Gasteiger partial charge on any atom is 0.270 e. The van der Waals surface area contributed by atoms with E-state index in [1.807, 2.05) is 0 Å². The Morgan fingerprint density at radius 3 is 2.45 bits per heavy atom. The second kappa shape index (κ2) is 8.60. The molecule has 1 aliphatic carbocycles. The molecule has 3 rings (SSSR count). The minimum absolute atomic E-state index is 0.156. The zero-order chi connectivity index (χ0) is 21.0. The van der Waals surface area contributed by atoms with Crippen LogP contribution >= 0.6 is 0 Å². The van der Waals surface area contributed by atoms with Gasteiger partial charge >= 0.3 is 0 Å². The number of carbonyl (C=O) groups is 1. The number of hydrogen-bond acceptors (Lipinski definition) is 5. The average Bonchev–Trinajstić information content (AvgIpc) is 2.70. The van der Waals surface area contributed by atoms with Crippen molar-refractivity contribution in [1.29, 1.82) is 0 Å². The molecular formula is C20H23N3O5S. The van der Waals surface area contributed by atoms with Gasteiger partial charge in [0.05, 0.1) is 9.82 Å². The second-order valence-corrected chi connectivity index (χ2v) is 8.96. The predicted octanol–water partition coefficient (Wildman–Crippen LogP) is 3.70. The van der Waals surface area contributed by atoms with Crippen molar-refractivity contribution in [2.45, 2.75) is 43.5 Å². The Balaban J connectivity index is 1.69. The van der Waals surface area contributed by atoms with E-state index in [4.69, 9.17) is 0 Å². The number of amides is 1. The molecule has 0 heterocycles. The van der Waals surface area contributed by atoms with Gasteiger partial charge in [0, 0.05) is 29.4 Å². The van der Waals surface area contributed by atoms with E-state index in [1.54, 1.807) is 12.1 Å². The minimum atomic E-state index is -3.99. The number of sulfonamides is 1. The lowest BCUT2D eigenvalue weighted by Gasteiger charge is -2.29. The molecule has 1 saturated carbocycles. The number of nitrogens with one attached hydrogen (secondary N) is 2. The molecule has 2 atom stereocenters. The highest BCUT2D eigenvalue weighted by atomic mass is 32.2. The van der Waals surface area contributed by atoms with Gasteiger partial charge in [-0.2, -0.15) is 0 Å². The van der Waals surface area contributed by atoms with Gasteiger partial charge in [0.25, 0.3) is 21.6 Å². The van der Waals surface area contributed by atoms with Crippen LogP contribution in [0.5, 0.6) is 0 Å². The molecule has 8 nitrogen and oxygen atoms in total. The number of nitro benzene ring substituents is 1. The lowest BCUT2D eigenvalue weighted by molar-refractivity contribution is -0.385. The van der Waals surface area contributed by atoms with Gasteiger partial charge in [0.15, 0.2) is 0 Å². The molecule has 1 amide bonds. The average molecular weight is 417 g/mol. The first-order chi connectivity index (χ1) is 13.8. The third-order valence-electron chi connectivity index (χ3n) is 5.17. The zero-order valence-corrected chi connectivity index (χ0v) is 16.8. The Hall–Kier alpha value is -2.94. The van der Waals surface area contributed by atoms with Crippen LogP contribution in [0.15, 0.2) is 53.4 Å². The summed E-state index contributed by atoms with van der Waals surface area (Å²) in [5.74, 6) is 0.255. The van der Waals surface area contributed by atoms with Crippen LogP contribution in [-0.4, -0.2) is 25.3 Å². The van der Waals surface area contributed by atoms with Gasteiger partial charge in [-0.05, 0) is 49.1 Å². The summed E-state index contributed by atoms with van der Waals surface area (Å²) < 4.78 is 27.3. The standard InChI is InChI=1S/C20H23N3O5S/c1-14-5-2-3-8-19(14)21-20(24)15-9-11-16(12-10-15)22-29(27,28)18-7-4-6-17(13-18)23(25)26/h4,6-7,9-14,19,22H,2-3,5,8H2,1H3,(H,21,24)/t14-,19-/m0/s1. The normalized spacial score (nSPS) is 19.3. The van der Waals surface area contributed by atoms with Crippen LogP contribution in [0.25, 0.3) is 0 Å². The molecule has 1 aliphatic rings. The van der Waals surface area contributed by atoms with Crippen LogP contribution in [0.4, 0.5) is 11.4 Å². The fourth-order valence-corrected chi connectivity index (χ4v) is 4.55. The molecular weight excluding hydrogens is 394 g/mol. The van der Waals surface area contributed by atoms with Crippen molar-refractivity contribution >= 4 is 27.3 Å². The highest BCUT2D eigenvalue weighted by Crippen LogP contribution is 2.24. The van der Waals surface area contributed by atoms with Crippen molar-refractivity contribution in [2.75, 3.05) is 4.72 Å². The van der Waals surface area contributed by atoms with E-state index < -0.39 is 14.9 Å². The van der Waals surface area contributed by atoms with Gasteiger partial charge in [0.2, 0.25) is 0 Å². The predicted molar refractivity (Wildman–Crippen MR) is 109 cm³/mol. The van der Waals surface area contributed by atoms with E-state index in [1.165, 1.54) is 36.8 Å². The highest BCUT2D eigenvalue weighted by molar-refractivity contribution is 7.92. The van der Waals surface area contributed by atoms with E-state index in [9.17, 15) is 23.3 Å². The Morgan fingerprint density at radius 1 is 1.10 bits per heavy atom. The van der Waals surface area contributed by atoms with Crippen LogP contribution in [0.1, 0.15) is 43.0 Å². The fourth-order valence-electron chi connectivity index (χ4n) is 3.45. The third-order valence-corrected chi connectivity index (χ3v) is 6.54. The SMILES string of the molecule is C[C@H]1CCCC[C@@H]1NC(=O)c1ccc(NS(=O)(=O)c2cccc([N+](=O)[O-])c2)cc1. The molecule has 0 unspecified atom stereocenters. The van der Waals surface area contributed by atoms with Gasteiger partial charge in [-0.1, -0.05) is 25.8 Å². The summed E-state index contributed by atoms with van der Waals surface area (Å²) in [6, 6.07) is 11.1. The number of hydrogen-bond donors (Lipinski definition) is 2. The van der Waals surface area contributed by atoms with Crippen molar-refractivity contribution < 1.29 is 18.1 Å². The largest absolute Gasteiger partial charge is 0.349 e. The number of anilines is 1. The highest BCUT2D eigenvalue weighted by Gasteiger charge is 2.23. The molecule has 1 fully saturated rings. The van der Waals surface area contributed by atoms with Gasteiger partial charge in [-0.3, -0.25) is 19.6 Å². The number of nitrogens with zero attached hydrogens (tertiary/aromatic N) is 1. The maximum atomic E-state index is 12.5. The molecule has 2 aromatic carbocycles. The lowest BCUT2D eigenvalue weighted by Crippen LogP contribution is -2.41. The Morgan fingerprint density at radius 2 is 1.79 bits per heavy atom. The molecule has 2 aromatic rings. The Bertz CT molecular complexity index is 1010. The second-order valence-electron chi connectivity index (χ2n) is 7.28. The Kier molecular flexibility index (Phi) is 6.17. The first kappa shape index (κ1) is 20.8. The number of nitro groups is 1. The van der Waals surface area contributed by atoms with Crippen LogP contribution in [0.3, 0.4) is 0 Å². The summed E-state index contributed by atoms with van der Waals surface area (Å²) >= 11 is 0. The minimum Gasteiger partial charge on any atom is -0.349 e. The van der Waals surface area contributed by atoms with E-state index >= 15 is 0 Å². The number of carbonyl (C=O) groups excluding carboxylic acids is 1. The molecule has 0 bridgehead atoms. The first-order valence-corrected chi connectivity index (χ1v) is 10.9. The molecule has 154 valence electrons. The Labute approximate surface area is 169 Å². The summed E-state index contributed by atoms with van der Waals surface area (Å²) in [6.45, 7) is 2.13. The van der Waals surface area contributed by atoms with Gasteiger partial charge < -0.3 is 5.32 Å². The topological polar surface area (TPSA) is 118 Å². The molecule has 0 spiro atoms. The van der Waals surface area contributed by atoms with Crippen LogP contribution in [0, 0.1) is 16.0 Å². The maximum absolute atomic E-state index is 12.5. The van der Waals surface area contributed by atoms with Crippen molar-refractivity contribution in [3.05, 3.63) is 64.2 Å². The molecule has 0 aromatic heterocycles. The third kappa shape index (κ3) is 5.11. The van der Waals surface area contributed by atoms with Gasteiger partial charge in [-0.15, -0.1) is 0 Å². The number of benzene rings is 2.